The number of fused-ring (bicyclic) bond motifs is 1. The van der Waals surface area contributed by atoms with E-state index in [-0.39, 0.29) is 18.2 Å². The van der Waals surface area contributed by atoms with Gasteiger partial charge in [0.25, 0.3) is 0 Å². The lowest BCUT2D eigenvalue weighted by Crippen LogP contribution is -2.11. The van der Waals surface area contributed by atoms with Crippen LogP contribution in [0.2, 0.25) is 0 Å². The molecule has 3 aromatic rings. The van der Waals surface area contributed by atoms with Gasteiger partial charge in [-0.15, -0.1) is 0 Å². The van der Waals surface area contributed by atoms with Crippen LogP contribution in [0.3, 0.4) is 0 Å². The van der Waals surface area contributed by atoms with Crippen molar-refractivity contribution in [3.05, 3.63) is 35.9 Å². The zero-order valence-corrected chi connectivity index (χ0v) is 11.3. The van der Waals surface area contributed by atoms with E-state index in [1.165, 1.54) is 17.7 Å². The summed E-state index contributed by atoms with van der Waals surface area (Å²) in [5.74, 6) is 0.598. The Hall–Kier alpha value is -2.62. The van der Waals surface area contributed by atoms with E-state index in [0.29, 0.717) is 11.5 Å². The molecule has 2 N–H and O–H groups in total. The SMILES string of the molecule is COCc1cn2c(Nc3cc[nH]n3)ncc(C(F)(F)F)c2n1. The first-order valence-electron chi connectivity index (χ1n) is 6.19. The number of methoxy groups -OCH3 is 1. The van der Waals surface area contributed by atoms with Crippen molar-refractivity contribution < 1.29 is 17.9 Å². The number of nitrogens with zero attached hydrogens (tertiary/aromatic N) is 4. The van der Waals surface area contributed by atoms with Gasteiger partial charge in [-0.05, 0) is 0 Å². The molecular formula is C12H11F3N6O. The van der Waals surface area contributed by atoms with Crippen molar-refractivity contribution in [3.8, 4) is 0 Å². The molecule has 3 heterocycles. The van der Waals surface area contributed by atoms with E-state index < -0.39 is 11.7 Å². The molecule has 22 heavy (non-hydrogen) atoms. The number of rotatable bonds is 4. The summed E-state index contributed by atoms with van der Waals surface area (Å²) in [6, 6.07) is 1.62. The largest absolute Gasteiger partial charge is 0.421 e. The molecule has 3 aromatic heterocycles. The fourth-order valence-corrected chi connectivity index (χ4v) is 1.98. The number of ether oxygens (including phenoxy) is 1. The second-order valence-electron chi connectivity index (χ2n) is 4.44. The first-order chi connectivity index (χ1) is 10.5. The van der Waals surface area contributed by atoms with Crippen LogP contribution in [-0.4, -0.2) is 31.7 Å². The molecule has 0 fully saturated rings. The van der Waals surface area contributed by atoms with Crippen LogP contribution in [0.15, 0.2) is 24.7 Å². The van der Waals surface area contributed by atoms with Crippen molar-refractivity contribution in [3.63, 3.8) is 0 Å². The number of aromatic nitrogens is 5. The van der Waals surface area contributed by atoms with E-state index in [1.54, 1.807) is 12.3 Å². The summed E-state index contributed by atoms with van der Waals surface area (Å²) >= 11 is 0. The molecule has 0 aliphatic heterocycles. The lowest BCUT2D eigenvalue weighted by molar-refractivity contribution is -0.136. The highest BCUT2D eigenvalue weighted by Gasteiger charge is 2.35. The van der Waals surface area contributed by atoms with Gasteiger partial charge in [-0.3, -0.25) is 9.50 Å². The summed E-state index contributed by atoms with van der Waals surface area (Å²) in [6.07, 6.45) is -0.785. The van der Waals surface area contributed by atoms with Gasteiger partial charge in [-0.25, -0.2) is 9.97 Å². The normalized spacial score (nSPS) is 12.0. The molecule has 0 aliphatic carbocycles. The Kier molecular flexibility index (Phi) is 3.45. The van der Waals surface area contributed by atoms with Crippen LogP contribution in [0.1, 0.15) is 11.3 Å². The Morgan fingerprint density at radius 1 is 1.41 bits per heavy atom. The maximum atomic E-state index is 13.1. The van der Waals surface area contributed by atoms with Crippen LogP contribution in [0, 0.1) is 0 Å². The topological polar surface area (TPSA) is 80.1 Å². The number of aromatic amines is 1. The maximum Gasteiger partial charge on any atom is 0.421 e. The van der Waals surface area contributed by atoms with E-state index in [9.17, 15) is 13.2 Å². The second-order valence-corrected chi connectivity index (χ2v) is 4.44. The quantitative estimate of drug-likeness (QED) is 0.773. The predicted molar refractivity (Wildman–Crippen MR) is 70.6 cm³/mol. The monoisotopic (exact) mass is 312 g/mol. The van der Waals surface area contributed by atoms with Gasteiger partial charge in [0.05, 0.1) is 12.3 Å². The summed E-state index contributed by atoms with van der Waals surface area (Å²) in [7, 11) is 1.44. The summed E-state index contributed by atoms with van der Waals surface area (Å²) in [6.45, 7) is 0.0980. The van der Waals surface area contributed by atoms with Gasteiger partial charge in [0.2, 0.25) is 5.95 Å². The molecule has 0 atom stereocenters. The number of anilines is 2. The number of H-pyrrole nitrogens is 1. The maximum absolute atomic E-state index is 13.1. The lowest BCUT2D eigenvalue weighted by Gasteiger charge is -2.10. The standard InChI is InChI=1S/C12H11F3N6O/c1-22-6-7-5-21-10(18-7)8(12(13,14)15)4-16-11(21)19-9-2-3-17-20-9/h2-5H,6H2,1H3,(H2,16,17,19,20). The first-order valence-corrected chi connectivity index (χ1v) is 6.19. The molecule has 0 saturated heterocycles. The molecule has 116 valence electrons. The molecule has 0 bridgehead atoms. The van der Waals surface area contributed by atoms with Crippen molar-refractivity contribution in [2.45, 2.75) is 12.8 Å². The number of nitrogens with one attached hydrogen (secondary N) is 2. The molecule has 3 rings (SSSR count). The second kappa shape index (κ2) is 5.30. The molecule has 0 amide bonds. The number of hydrogen-bond acceptors (Lipinski definition) is 5. The third-order valence-electron chi connectivity index (χ3n) is 2.88. The Labute approximate surface area is 122 Å². The van der Waals surface area contributed by atoms with E-state index in [2.05, 4.69) is 25.5 Å². The first kappa shape index (κ1) is 14.3. The van der Waals surface area contributed by atoms with Gasteiger partial charge in [-0.1, -0.05) is 0 Å². The van der Waals surface area contributed by atoms with E-state index in [4.69, 9.17) is 4.74 Å². The minimum atomic E-state index is -4.55. The zero-order valence-electron chi connectivity index (χ0n) is 11.3. The summed E-state index contributed by atoms with van der Waals surface area (Å²) < 4.78 is 45.3. The minimum Gasteiger partial charge on any atom is -0.378 e. The van der Waals surface area contributed by atoms with Crippen LogP contribution in [0.4, 0.5) is 24.9 Å². The fraction of sp³-hybridized carbons (Fsp3) is 0.250. The van der Waals surface area contributed by atoms with Crippen LogP contribution in [0.5, 0.6) is 0 Å². The number of imidazole rings is 1. The number of alkyl halides is 3. The van der Waals surface area contributed by atoms with Gasteiger partial charge < -0.3 is 10.1 Å². The molecule has 7 nitrogen and oxygen atoms in total. The Morgan fingerprint density at radius 2 is 2.23 bits per heavy atom. The minimum absolute atomic E-state index is 0.0980. The van der Waals surface area contributed by atoms with Crippen molar-refractivity contribution in [2.75, 3.05) is 12.4 Å². The van der Waals surface area contributed by atoms with Crippen LogP contribution in [-0.2, 0) is 17.5 Å². The van der Waals surface area contributed by atoms with Gasteiger partial charge in [-0.2, -0.15) is 18.3 Å². The summed E-state index contributed by atoms with van der Waals surface area (Å²) in [4.78, 5) is 7.79. The molecule has 0 unspecified atom stereocenters. The highest BCUT2D eigenvalue weighted by Crippen LogP contribution is 2.33. The smallest absolute Gasteiger partial charge is 0.378 e. The highest BCUT2D eigenvalue weighted by atomic mass is 19.4. The lowest BCUT2D eigenvalue weighted by atomic mass is 10.3. The average Bonchev–Trinajstić information content (AvgIpc) is 3.07. The van der Waals surface area contributed by atoms with E-state index in [1.807, 2.05) is 0 Å². The van der Waals surface area contributed by atoms with Crippen LogP contribution < -0.4 is 5.32 Å². The van der Waals surface area contributed by atoms with Crippen molar-refractivity contribution in [1.29, 1.82) is 0 Å². The predicted octanol–water partition coefficient (Wildman–Crippen LogP) is 2.36. The third kappa shape index (κ3) is 2.60. The molecule has 0 radical (unpaired) electrons. The number of hydrogen-bond donors (Lipinski definition) is 2. The molecule has 0 aromatic carbocycles. The molecule has 0 aliphatic rings. The molecule has 0 spiro atoms. The van der Waals surface area contributed by atoms with Gasteiger partial charge in [0.15, 0.2) is 11.5 Å². The van der Waals surface area contributed by atoms with Crippen molar-refractivity contribution >= 4 is 17.4 Å². The van der Waals surface area contributed by atoms with E-state index >= 15 is 0 Å². The summed E-state index contributed by atoms with van der Waals surface area (Å²) in [5.41, 5.74) is -0.791. The summed E-state index contributed by atoms with van der Waals surface area (Å²) in [5, 5.41) is 9.29. The number of halogens is 3. The highest BCUT2D eigenvalue weighted by molar-refractivity contribution is 5.57. The Morgan fingerprint density at radius 3 is 2.86 bits per heavy atom. The molecular weight excluding hydrogens is 301 g/mol. The fourth-order valence-electron chi connectivity index (χ4n) is 1.98. The van der Waals surface area contributed by atoms with Gasteiger partial charge >= 0.3 is 6.18 Å². The van der Waals surface area contributed by atoms with Crippen LogP contribution >= 0.6 is 0 Å². The Balaban J connectivity index is 2.13. The van der Waals surface area contributed by atoms with E-state index in [0.717, 1.165) is 6.20 Å². The average molecular weight is 312 g/mol. The Bertz CT molecular complexity index is 780. The van der Waals surface area contributed by atoms with Crippen LogP contribution in [0.25, 0.3) is 5.65 Å². The third-order valence-corrected chi connectivity index (χ3v) is 2.88. The van der Waals surface area contributed by atoms with Gasteiger partial charge in [0, 0.05) is 31.8 Å². The van der Waals surface area contributed by atoms with Crippen molar-refractivity contribution in [2.24, 2.45) is 0 Å². The molecule has 10 heteroatoms. The molecule has 0 saturated carbocycles. The zero-order chi connectivity index (χ0) is 15.7. The van der Waals surface area contributed by atoms with Crippen molar-refractivity contribution in [1.82, 2.24) is 24.6 Å². The van der Waals surface area contributed by atoms with Gasteiger partial charge in [0.1, 0.15) is 5.56 Å².